The highest BCUT2D eigenvalue weighted by atomic mass is 16.6. The van der Waals surface area contributed by atoms with Gasteiger partial charge in [-0.25, -0.2) is 23.9 Å². The molecule has 1 unspecified atom stereocenters. The minimum absolute atomic E-state index is 0.0735. The highest BCUT2D eigenvalue weighted by Crippen LogP contribution is 2.13. The third-order valence-corrected chi connectivity index (χ3v) is 5.08. The highest BCUT2D eigenvalue weighted by molar-refractivity contribution is 5.81. The van der Waals surface area contributed by atoms with E-state index in [1.54, 1.807) is 33.9 Å². The Balaban J connectivity index is 1.86. The van der Waals surface area contributed by atoms with Crippen LogP contribution in [0, 0.1) is 0 Å². The molecule has 2 aromatic heterocycles. The number of nitrogens with one attached hydrogen (secondary N) is 1. The second-order valence-electron chi connectivity index (χ2n) is 8.66. The Morgan fingerprint density at radius 1 is 1.27 bits per heavy atom. The molecule has 0 saturated carbocycles. The fourth-order valence-electron chi connectivity index (χ4n) is 3.51. The molecule has 3 heterocycles. The van der Waals surface area contributed by atoms with Crippen LogP contribution in [0.15, 0.2) is 27.9 Å². The summed E-state index contributed by atoms with van der Waals surface area (Å²) in [5.74, 6) is -0.503. The van der Waals surface area contributed by atoms with Gasteiger partial charge in [-0.15, -0.1) is 0 Å². The number of alkyl carbamates (subject to hydrolysis) is 1. The second-order valence-corrected chi connectivity index (χ2v) is 8.66. The maximum Gasteiger partial charge on any atom is 0.408 e. The molecule has 0 saturated heterocycles. The second kappa shape index (κ2) is 9.57. The van der Waals surface area contributed by atoms with Crippen LogP contribution in [0.1, 0.15) is 37.6 Å². The van der Waals surface area contributed by atoms with Crippen LogP contribution in [0.2, 0.25) is 0 Å². The summed E-state index contributed by atoms with van der Waals surface area (Å²) in [5, 5.41) is 2.49. The van der Waals surface area contributed by atoms with Gasteiger partial charge in [-0.3, -0.25) is 9.36 Å². The Morgan fingerprint density at radius 3 is 2.61 bits per heavy atom. The van der Waals surface area contributed by atoms with Crippen molar-refractivity contribution in [3.05, 3.63) is 56.0 Å². The average Bonchev–Trinajstić information content (AvgIpc) is 2.76. The molecule has 0 aromatic carbocycles. The third-order valence-electron chi connectivity index (χ3n) is 5.08. The highest BCUT2D eigenvalue weighted by Gasteiger charge is 2.26. The van der Waals surface area contributed by atoms with Crippen molar-refractivity contribution < 1.29 is 23.8 Å². The molecule has 3 rings (SSSR count). The molecule has 0 aliphatic carbocycles. The molecule has 11 heteroatoms. The van der Waals surface area contributed by atoms with E-state index in [0.29, 0.717) is 29.8 Å². The molecule has 1 aliphatic heterocycles. The van der Waals surface area contributed by atoms with Crippen LogP contribution in [-0.4, -0.2) is 51.5 Å². The maximum absolute atomic E-state index is 12.9. The van der Waals surface area contributed by atoms with Crippen LogP contribution in [0.25, 0.3) is 5.82 Å². The summed E-state index contributed by atoms with van der Waals surface area (Å²) in [6, 6.07) is 2.13. The van der Waals surface area contributed by atoms with Crippen LogP contribution >= 0.6 is 0 Å². The zero-order valence-electron chi connectivity index (χ0n) is 19.3. The fourth-order valence-corrected chi connectivity index (χ4v) is 3.51. The van der Waals surface area contributed by atoms with E-state index < -0.39 is 35.0 Å². The van der Waals surface area contributed by atoms with Crippen LogP contribution in [0.5, 0.6) is 0 Å². The van der Waals surface area contributed by atoms with E-state index in [-0.39, 0.29) is 18.8 Å². The molecular weight excluding hydrogens is 432 g/mol. The van der Waals surface area contributed by atoms with E-state index in [9.17, 15) is 19.2 Å². The number of hydrogen-bond donors (Lipinski definition) is 1. The van der Waals surface area contributed by atoms with E-state index in [4.69, 9.17) is 14.2 Å². The van der Waals surface area contributed by atoms with E-state index in [1.165, 1.54) is 23.9 Å². The molecule has 1 N–H and O–H groups in total. The molecule has 1 atom stereocenters. The lowest BCUT2D eigenvalue weighted by Gasteiger charge is -2.22. The van der Waals surface area contributed by atoms with E-state index in [2.05, 4.69) is 10.3 Å². The first kappa shape index (κ1) is 24.2. The number of hydrogen-bond acceptors (Lipinski definition) is 8. The number of rotatable bonds is 5. The maximum atomic E-state index is 12.9. The number of ether oxygens (including phenoxy) is 3. The summed E-state index contributed by atoms with van der Waals surface area (Å²) in [6.07, 6.45) is 1.24. The van der Waals surface area contributed by atoms with Gasteiger partial charge in [-0.05, 0) is 32.4 Å². The van der Waals surface area contributed by atoms with Gasteiger partial charge in [0, 0.05) is 31.8 Å². The molecule has 1 amide bonds. The van der Waals surface area contributed by atoms with Crippen LogP contribution in [0.4, 0.5) is 4.79 Å². The Hall–Kier alpha value is -3.47. The summed E-state index contributed by atoms with van der Waals surface area (Å²) in [6.45, 7) is 5.72. The number of carbonyl (C=O) groups excluding carboxylic acids is 2. The molecule has 33 heavy (non-hydrogen) atoms. The van der Waals surface area contributed by atoms with Crippen molar-refractivity contribution in [1.29, 1.82) is 0 Å². The summed E-state index contributed by atoms with van der Waals surface area (Å²) in [5.41, 5.74) is -0.0176. The molecule has 1 aliphatic rings. The molecule has 0 bridgehead atoms. The van der Waals surface area contributed by atoms with Gasteiger partial charge in [0.15, 0.2) is 0 Å². The standard InChI is InChI=1S/C22H28N4O7/c1-22(2,3)33-20(29)24-15(19(28)31-5)10-13-6-7-17(23-11-13)26-18(27)14-12-32-9-8-16(14)25(4)21(26)30/h6-7,11,15H,8-10,12H2,1-5H3,(H,24,29). The summed E-state index contributed by atoms with van der Waals surface area (Å²) in [7, 11) is 2.83. The van der Waals surface area contributed by atoms with Gasteiger partial charge in [0.2, 0.25) is 0 Å². The van der Waals surface area contributed by atoms with Gasteiger partial charge in [-0.1, -0.05) is 6.07 Å². The van der Waals surface area contributed by atoms with Gasteiger partial charge in [-0.2, -0.15) is 0 Å². The van der Waals surface area contributed by atoms with Crippen molar-refractivity contribution in [2.45, 2.75) is 51.9 Å². The number of nitrogens with zero attached hydrogens (tertiary/aromatic N) is 3. The Bertz CT molecular complexity index is 1160. The molecule has 0 spiro atoms. The Kier molecular flexibility index (Phi) is 7.01. The minimum Gasteiger partial charge on any atom is -0.467 e. The number of esters is 1. The summed E-state index contributed by atoms with van der Waals surface area (Å²) < 4.78 is 17.8. The molecule has 0 fully saturated rings. The lowest BCUT2D eigenvalue weighted by Crippen LogP contribution is -2.45. The van der Waals surface area contributed by atoms with Gasteiger partial charge in [0.25, 0.3) is 5.56 Å². The van der Waals surface area contributed by atoms with Crippen molar-refractivity contribution in [3.8, 4) is 5.82 Å². The monoisotopic (exact) mass is 460 g/mol. The first-order valence-electron chi connectivity index (χ1n) is 10.5. The number of aromatic nitrogens is 3. The van der Waals surface area contributed by atoms with Crippen LogP contribution in [0.3, 0.4) is 0 Å². The largest absolute Gasteiger partial charge is 0.467 e. The zero-order chi connectivity index (χ0) is 24.3. The molecule has 11 nitrogen and oxygen atoms in total. The predicted molar refractivity (Wildman–Crippen MR) is 117 cm³/mol. The summed E-state index contributed by atoms with van der Waals surface area (Å²) >= 11 is 0. The molecule has 0 radical (unpaired) electrons. The van der Waals surface area contributed by atoms with Gasteiger partial charge < -0.3 is 19.5 Å². The normalized spacial score (nSPS) is 14.2. The smallest absolute Gasteiger partial charge is 0.408 e. The van der Waals surface area contributed by atoms with Crippen LogP contribution < -0.4 is 16.6 Å². The van der Waals surface area contributed by atoms with Crippen molar-refractivity contribution in [1.82, 2.24) is 19.4 Å². The molecule has 178 valence electrons. The van der Waals surface area contributed by atoms with Gasteiger partial charge in [0.1, 0.15) is 17.5 Å². The van der Waals surface area contributed by atoms with Gasteiger partial charge in [0.05, 0.1) is 25.9 Å². The number of pyridine rings is 1. The summed E-state index contributed by atoms with van der Waals surface area (Å²) in [4.78, 5) is 54.2. The van der Waals surface area contributed by atoms with E-state index >= 15 is 0 Å². The number of methoxy groups -OCH3 is 1. The van der Waals surface area contributed by atoms with Crippen LogP contribution in [-0.2, 0) is 45.5 Å². The Morgan fingerprint density at radius 2 is 2.00 bits per heavy atom. The number of amides is 1. The predicted octanol–water partition coefficient (Wildman–Crippen LogP) is 0.613. The van der Waals surface area contributed by atoms with Crippen molar-refractivity contribution in [2.75, 3.05) is 13.7 Å². The van der Waals surface area contributed by atoms with Gasteiger partial charge >= 0.3 is 17.8 Å². The lowest BCUT2D eigenvalue weighted by molar-refractivity contribution is -0.143. The third kappa shape index (κ3) is 5.48. The number of fused-ring (bicyclic) bond motifs is 1. The number of carbonyl (C=O) groups is 2. The first-order chi connectivity index (χ1) is 15.5. The van der Waals surface area contributed by atoms with E-state index in [0.717, 1.165) is 4.57 Å². The average molecular weight is 460 g/mol. The zero-order valence-corrected chi connectivity index (χ0v) is 19.3. The van der Waals surface area contributed by atoms with Crippen molar-refractivity contribution >= 4 is 12.1 Å². The molecule has 2 aromatic rings. The fraction of sp³-hybridized carbons (Fsp3) is 0.500. The molecular formula is C22H28N4O7. The lowest BCUT2D eigenvalue weighted by atomic mass is 10.1. The Labute approximate surface area is 190 Å². The first-order valence-corrected chi connectivity index (χ1v) is 10.5. The SMILES string of the molecule is COC(=O)C(Cc1ccc(-n2c(=O)c3c(n(C)c2=O)CCOC3)nc1)NC(=O)OC(C)(C)C. The van der Waals surface area contributed by atoms with Crippen molar-refractivity contribution in [2.24, 2.45) is 7.05 Å². The minimum atomic E-state index is -1.01. The quantitative estimate of drug-likeness (QED) is 0.643. The van der Waals surface area contributed by atoms with Crippen molar-refractivity contribution in [3.63, 3.8) is 0 Å². The van der Waals surface area contributed by atoms with E-state index in [1.807, 2.05) is 0 Å². The topological polar surface area (TPSA) is 131 Å².